The maximum atomic E-state index is 12.8. The zero-order chi connectivity index (χ0) is 17.0. The SMILES string of the molecule is O=C(NC1CCc2c(O)cccc21)N1CC2CN3CCCCC3C2C1. The third kappa shape index (κ3) is 2.51. The molecule has 4 atom stereocenters. The molecule has 0 saturated carbocycles. The minimum atomic E-state index is 0.0428. The van der Waals surface area contributed by atoms with Crippen molar-refractivity contribution >= 4 is 6.03 Å². The van der Waals surface area contributed by atoms with Gasteiger partial charge in [-0.2, -0.15) is 0 Å². The topological polar surface area (TPSA) is 55.8 Å². The van der Waals surface area contributed by atoms with Crippen molar-refractivity contribution in [3.63, 3.8) is 0 Å². The largest absolute Gasteiger partial charge is 0.508 e. The van der Waals surface area contributed by atoms with Gasteiger partial charge in [-0.1, -0.05) is 18.6 Å². The minimum Gasteiger partial charge on any atom is -0.508 e. The summed E-state index contributed by atoms with van der Waals surface area (Å²) >= 11 is 0. The predicted octanol–water partition coefficient (Wildman–Crippen LogP) is 2.51. The monoisotopic (exact) mass is 341 g/mol. The second-order valence-electron chi connectivity index (χ2n) is 8.27. The van der Waals surface area contributed by atoms with Crippen molar-refractivity contribution in [2.75, 3.05) is 26.2 Å². The number of piperidine rings is 1. The highest BCUT2D eigenvalue weighted by Gasteiger charge is 2.48. The first kappa shape index (κ1) is 15.5. The maximum absolute atomic E-state index is 12.8. The fraction of sp³-hybridized carbons (Fsp3) is 0.650. The quantitative estimate of drug-likeness (QED) is 0.825. The van der Waals surface area contributed by atoms with Gasteiger partial charge in [-0.3, -0.25) is 4.90 Å². The first-order valence-electron chi connectivity index (χ1n) is 9.81. The first-order chi connectivity index (χ1) is 12.2. The molecule has 134 valence electrons. The number of amides is 2. The van der Waals surface area contributed by atoms with Crippen LogP contribution in [0.15, 0.2) is 18.2 Å². The summed E-state index contributed by atoms with van der Waals surface area (Å²) in [5.41, 5.74) is 2.09. The Morgan fingerprint density at radius 3 is 3.00 bits per heavy atom. The summed E-state index contributed by atoms with van der Waals surface area (Å²) in [6, 6.07) is 6.47. The zero-order valence-corrected chi connectivity index (χ0v) is 14.7. The van der Waals surface area contributed by atoms with E-state index in [9.17, 15) is 9.90 Å². The van der Waals surface area contributed by atoms with Gasteiger partial charge in [0.1, 0.15) is 5.75 Å². The summed E-state index contributed by atoms with van der Waals surface area (Å²) < 4.78 is 0. The molecule has 5 nitrogen and oxygen atoms in total. The van der Waals surface area contributed by atoms with Gasteiger partial charge < -0.3 is 15.3 Å². The molecule has 0 bridgehead atoms. The average Bonchev–Trinajstić information content (AvgIpc) is 3.28. The van der Waals surface area contributed by atoms with Gasteiger partial charge in [0, 0.05) is 25.7 Å². The highest BCUT2D eigenvalue weighted by atomic mass is 16.3. The Kier molecular flexibility index (Phi) is 3.66. The first-order valence-corrected chi connectivity index (χ1v) is 9.81. The van der Waals surface area contributed by atoms with Gasteiger partial charge in [-0.15, -0.1) is 0 Å². The Hall–Kier alpha value is -1.75. The number of hydrogen-bond acceptors (Lipinski definition) is 3. The van der Waals surface area contributed by atoms with Crippen LogP contribution < -0.4 is 5.32 Å². The normalized spacial score (nSPS) is 33.8. The zero-order valence-electron chi connectivity index (χ0n) is 14.7. The van der Waals surface area contributed by atoms with Crippen molar-refractivity contribution in [1.29, 1.82) is 0 Å². The number of nitrogens with one attached hydrogen (secondary N) is 1. The lowest BCUT2D eigenvalue weighted by atomic mass is 9.90. The molecule has 3 aliphatic heterocycles. The summed E-state index contributed by atoms with van der Waals surface area (Å²) in [7, 11) is 0. The minimum absolute atomic E-state index is 0.0428. The van der Waals surface area contributed by atoms with Crippen LogP contribution >= 0.6 is 0 Å². The maximum Gasteiger partial charge on any atom is 0.317 e. The second kappa shape index (κ2) is 5.90. The van der Waals surface area contributed by atoms with Crippen LogP contribution in [-0.4, -0.2) is 53.2 Å². The highest BCUT2D eigenvalue weighted by molar-refractivity contribution is 5.75. The Morgan fingerprint density at radius 1 is 1.16 bits per heavy atom. The predicted molar refractivity (Wildman–Crippen MR) is 95.5 cm³/mol. The number of phenols is 1. The van der Waals surface area contributed by atoms with Gasteiger partial charge >= 0.3 is 6.03 Å². The van der Waals surface area contributed by atoms with Gasteiger partial charge in [0.2, 0.25) is 0 Å². The van der Waals surface area contributed by atoms with Crippen molar-refractivity contribution < 1.29 is 9.90 Å². The number of benzene rings is 1. The van der Waals surface area contributed by atoms with E-state index in [1.54, 1.807) is 6.07 Å². The molecule has 0 spiro atoms. The van der Waals surface area contributed by atoms with Crippen LogP contribution in [0.3, 0.4) is 0 Å². The van der Waals surface area contributed by atoms with Gasteiger partial charge in [0.15, 0.2) is 0 Å². The summed E-state index contributed by atoms with van der Waals surface area (Å²) in [6.07, 6.45) is 5.73. The molecule has 3 saturated heterocycles. The van der Waals surface area contributed by atoms with E-state index in [4.69, 9.17) is 0 Å². The van der Waals surface area contributed by atoms with Gasteiger partial charge in [0.05, 0.1) is 6.04 Å². The molecule has 3 heterocycles. The van der Waals surface area contributed by atoms with Crippen molar-refractivity contribution in [2.24, 2.45) is 11.8 Å². The van der Waals surface area contributed by atoms with E-state index in [0.717, 1.165) is 37.1 Å². The number of carbonyl (C=O) groups excluding carboxylic acids is 1. The third-order valence-corrected chi connectivity index (χ3v) is 6.95. The highest BCUT2D eigenvalue weighted by Crippen LogP contribution is 2.41. The number of phenolic OH excluding ortho intramolecular Hbond substituents is 1. The number of aromatic hydroxyl groups is 1. The number of likely N-dealkylation sites (tertiary alicyclic amines) is 1. The van der Waals surface area contributed by atoms with Crippen molar-refractivity contribution in [1.82, 2.24) is 15.1 Å². The molecule has 5 heteroatoms. The molecule has 0 aromatic heterocycles. The standard InChI is InChI=1S/C20H27N3O2/c24-19-6-3-4-14-15(19)7-8-17(14)21-20(25)23-11-13-10-22-9-2-1-5-18(22)16(13)12-23/h3-4,6,13,16-18,24H,1-2,5,7-12H2,(H,21,25). The van der Waals surface area contributed by atoms with Gasteiger partial charge in [-0.05, 0) is 61.3 Å². The number of hydrogen-bond donors (Lipinski definition) is 2. The molecule has 1 aromatic carbocycles. The van der Waals surface area contributed by atoms with E-state index >= 15 is 0 Å². The van der Waals surface area contributed by atoms with Crippen LogP contribution in [0.4, 0.5) is 4.79 Å². The molecule has 2 amide bonds. The molecule has 0 radical (unpaired) electrons. The number of fused-ring (bicyclic) bond motifs is 4. The average molecular weight is 341 g/mol. The molecule has 3 fully saturated rings. The van der Waals surface area contributed by atoms with Gasteiger partial charge in [-0.25, -0.2) is 4.79 Å². The fourth-order valence-corrected chi connectivity index (χ4v) is 5.75. The van der Waals surface area contributed by atoms with Crippen LogP contribution in [-0.2, 0) is 6.42 Å². The molecule has 1 aliphatic carbocycles. The lowest BCUT2D eigenvalue weighted by Crippen LogP contribution is -2.44. The van der Waals surface area contributed by atoms with Gasteiger partial charge in [0.25, 0.3) is 0 Å². The van der Waals surface area contributed by atoms with Crippen LogP contribution in [0.2, 0.25) is 0 Å². The van der Waals surface area contributed by atoms with Crippen molar-refractivity contribution in [3.8, 4) is 5.75 Å². The van der Waals surface area contributed by atoms with E-state index in [1.807, 2.05) is 17.0 Å². The van der Waals surface area contributed by atoms with Crippen LogP contribution in [0, 0.1) is 11.8 Å². The van der Waals surface area contributed by atoms with Crippen LogP contribution in [0.1, 0.15) is 42.9 Å². The Bertz CT molecular complexity index is 692. The number of carbonyl (C=O) groups is 1. The Balaban J connectivity index is 1.25. The van der Waals surface area contributed by atoms with Crippen molar-refractivity contribution in [2.45, 2.75) is 44.2 Å². The van der Waals surface area contributed by atoms with E-state index in [2.05, 4.69) is 10.2 Å². The van der Waals surface area contributed by atoms with Crippen LogP contribution in [0.5, 0.6) is 5.75 Å². The molecule has 2 N–H and O–H groups in total. The van der Waals surface area contributed by atoms with E-state index < -0.39 is 0 Å². The lowest BCUT2D eigenvalue weighted by Gasteiger charge is -2.33. The molecular formula is C20H27N3O2. The molecular weight excluding hydrogens is 314 g/mol. The summed E-state index contributed by atoms with van der Waals surface area (Å²) in [4.78, 5) is 17.5. The smallest absolute Gasteiger partial charge is 0.317 e. The molecule has 4 aliphatic rings. The Labute approximate surface area is 149 Å². The molecule has 1 aromatic rings. The molecule has 25 heavy (non-hydrogen) atoms. The Morgan fingerprint density at radius 2 is 2.08 bits per heavy atom. The number of urea groups is 1. The lowest BCUT2D eigenvalue weighted by molar-refractivity contribution is 0.153. The fourth-order valence-electron chi connectivity index (χ4n) is 5.75. The third-order valence-electron chi connectivity index (χ3n) is 6.95. The van der Waals surface area contributed by atoms with Crippen LogP contribution in [0.25, 0.3) is 0 Å². The summed E-state index contributed by atoms with van der Waals surface area (Å²) in [6.45, 7) is 4.26. The summed E-state index contributed by atoms with van der Waals surface area (Å²) in [5.74, 6) is 1.70. The molecule has 5 rings (SSSR count). The number of rotatable bonds is 1. The summed E-state index contributed by atoms with van der Waals surface area (Å²) in [5, 5.41) is 13.2. The van der Waals surface area contributed by atoms with Crippen molar-refractivity contribution in [3.05, 3.63) is 29.3 Å². The molecule has 4 unspecified atom stereocenters. The van der Waals surface area contributed by atoms with E-state index in [0.29, 0.717) is 23.6 Å². The van der Waals surface area contributed by atoms with E-state index in [-0.39, 0.29) is 12.1 Å². The second-order valence-corrected chi connectivity index (χ2v) is 8.27. The number of nitrogens with zero attached hydrogens (tertiary/aromatic N) is 2. The van der Waals surface area contributed by atoms with E-state index in [1.165, 1.54) is 32.4 Å².